The van der Waals surface area contributed by atoms with Crippen molar-refractivity contribution in [3.63, 3.8) is 0 Å². The number of anilines is 1. The summed E-state index contributed by atoms with van der Waals surface area (Å²) in [5.41, 5.74) is 1.38. The molecule has 0 aliphatic carbocycles. The number of hydrogen-bond donors (Lipinski definition) is 1. The summed E-state index contributed by atoms with van der Waals surface area (Å²) in [4.78, 5) is 4.02. The quantitative estimate of drug-likeness (QED) is 0.881. The highest BCUT2D eigenvalue weighted by Gasteiger charge is 2.13. The van der Waals surface area contributed by atoms with Gasteiger partial charge in [0.2, 0.25) is 0 Å². The molecule has 1 aromatic heterocycles. The molecule has 0 bridgehead atoms. The number of aromatic nitrogens is 1. The highest BCUT2D eigenvalue weighted by molar-refractivity contribution is 7.92. The summed E-state index contributed by atoms with van der Waals surface area (Å²) < 4.78 is 26.5. The minimum absolute atomic E-state index is 0.211. The topological polar surface area (TPSA) is 59.1 Å². The van der Waals surface area contributed by atoms with Crippen molar-refractivity contribution in [3.8, 4) is 0 Å². The largest absolute Gasteiger partial charge is 0.278 e. The Bertz CT molecular complexity index is 637. The van der Waals surface area contributed by atoms with Crippen molar-refractivity contribution < 1.29 is 8.42 Å². The number of hydrogen-bond acceptors (Lipinski definition) is 3. The molecular formula is C12H11ClN2O2S. The first-order chi connectivity index (χ1) is 8.47. The Morgan fingerprint density at radius 2 is 1.78 bits per heavy atom. The highest BCUT2D eigenvalue weighted by atomic mass is 35.5. The molecule has 2 rings (SSSR count). The van der Waals surface area contributed by atoms with Gasteiger partial charge in [-0.3, -0.25) is 4.72 Å². The molecule has 6 heteroatoms. The van der Waals surface area contributed by atoms with Crippen LogP contribution in [0.15, 0.2) is 47.5 Å². The second-order valence-electron chi connectivity index (χ2n) is 3.79. The summed E-state index contributed by atoms with van der Waals surface area (Å²) in [7, 11) is -3.58. The fourth-order valence-electron chi connectivity index (χ4n) is 1.37. The highest BCUT2D eigenvalue weighted by Crippen LogP contribution is 2.16. The van der Waals surface area contributed by atoms with Gasteiger partial charge >= 0.3 is 0 Å². The molecule has 18 heavy (non-hydrogen) atoms. The molecule has 0 radical (unpaired) electrons. The van der Waals surface area contributed by atoms with Gasteiger partial charge in [-0.1, -0.05) is 29.3 Å². The van der Waals surface area contributed by atoms with Gasteiger partial charge in [0.05, 0.1) is 16.8 Å². The summed E-state index contributed by atoms with van der Waals surface area (Å²) in [6.45, 7) is 1.90. The molecule has 0 aliphatic rings. The molecule has 0 saturated heterocycles. The third kappa shape index (κ3) is 3.00. The maximum atomic E-state index is 12.0. The van der Waals surface area contributed by atoms with Crippen molar-refractivity contribution in [2.45, 2.75) is 11.8 Å². The van der Waals surface area contributed by atoms with E-state index in [-0.39, 0.29) is 4.90 Å². The van der Waals surface area contributed by atoms with Crippen molar-refractivity contribution in [1.82, 2.24) is 4.98 Å². The standard InChI is InChI=1S/C12H11ClN2O2S/c1-9-2-5-11(6-3-9)18(16,17)15-10-4-7-12(13)14-8-10/h2-8,15H,1H3. The van der Waals surface area contributed by atoms with Gasteiger partial charge in [-0.25, -0.2) is 13.4 Å². The number of sulfonamides is 1. The molecule has 0 spiro atoms. The molecule has 1 N–H and O–H groups in total. The van der Waals surface area contributed by atoms with Gasteiger partial charge in [-0.2, -0.15) is 0 Å². The molecule has 2 aromatic rings. The van der Waals surface area contributed by atoms with Gasteiger partial charge in [-0.15, -0.1) is 0 Å². The minimum Gasteiger partial charge on any atom is -0.278 e. The molecule has 0 unspecified atom stereocenters. The molecule has 0 aliphatic heterocycles. The van der Waals surface area contributed by atoms with Crippen LogP contribution in [0.5, 0.6) is 0 Å². The van der Waals surface area contributed by atoms with Crippen molar-refractivity contribution >= 4 is 27.3 Å². The van der Waals surface area contributed by atoms with E-state index in [0.29, 0.717) is 10.8 Å². The van der Waals surface area contributed by atoms with Crippen molar-refractivity contribution in [3.05, 3.63) is 53.3 Å². The lowest BCUT2D eigenvalue weighted by Gasteiger charge is -2.07. The van der Waals surface area contributed by atoms with Crippen molar-refractivity contribution in [1.29, 1.82) is 0 Å². The zero-order chi connectivity index (χ0) is 13.2. The average Bonchev–Trinajstić information content (AvgIpc) is 2.32. The molecule has 1 heterocycles. The lowest BCUT2D eigenvalue weighted by atomic mass is 10.2. The molecule has 0 saturated carbocycles. The molecular weight excluding hydrogens is 272 g/mol. The maximum absolute atomic E-state index is 12.0. The monoisotopic (exact) mass is 282 g/mol. The van der Waals surface area contributed by atoms with E-state index < -0.39 is 10.0 Å². The van der Waals surface area contributed by atoms with E-state index in [1.807, 2.05) is 6.92 Å². The van der Waals surface area contributed by atoms with Crippen LogP contribution in [0.4, 0.5) is 5.69 Å². The fourth-order valence-corrected chi connectivity index (χ4v) is 2.52. The van der Waals surface area contributed by atoms with Crippen LogP contribution in [0.3, 0.4) is 0 Å². The summed E-state index contributed by atoms with van der Waals surface area (Å²) in [6.07, 6.45) is 1.37. The summed E-state index contributed by atoms with van der Waals surface area (Å²) in [5, 5.41) is 0.313. The van der Waals surface area contributed by atoms with Gasteiger partial charge in [-0.05, 0) is 31.2 Å². The van der Waals surface area contributed by atoms with Gasteiger partial charge in [0, 0.05) is 0 Å². The summed E-state index contributed by atoms with van der Waals surface area (Å²) in [5.74, 6) is 0. The third-order valence-corrected chi connectivity index (χ3v) is 3.93. The van der Waals surface area contributed by atoms with Crippen LogP contribution in [0, 0.1) is 6.92 Å². The van der Waals surface area contributed by atoms with Crippen LogP contribution < -0.4 is 4.72 Å². The van der Waals surface area contributed by atoms with Gasteiger partial charge in [0.15, 0.2) is 0 Å². The van der Waals surface area contributed by atoms with Crippen LogP contribution in [0.25, 0.3) is 0 Å². The predicted octanol–water partition coefficient (Wildman–Crippen LogP) is 2.84. The first-order valence-electron chi connectivity index (χ1n) is 5.18. The second-order valence-corrected chi connectivity index (χ2v) is 5.86. The molecule has 94 valence electrons. The van der Waals surface area contributed by atoms with E-state index >= 15 is 0 Å². The number of nitrogens with one attached hydrogen (secondary N) is 1. The summed E-state index contributed by atoms with van der Waals surface area (Å²) in [6, 6.07) is 9.68. The molecule has 1 aromatic carbocycles. The lowest BCUT2D eigenvalue weighted by Crippen LogP contribution is -2.12. The van der Waals surface area contributed by atoms with E-state index in [9.17, 15) is 8.42 Å². The SMILES string of the molecule is Cc1ccc(S(=O)(=O)Nc2ccc(Cl)nc2)cc1. The van der Waals surface area contributed by atoms with Crippen LogP contribution in [-0.4, -0.2) is 13.4 Å². The van der Waals surface area contributed by atoms with Crippen molar-refractivity contribution in [2.75, 3.05) is 4.72 Å². The number of pyridine rings is 1. The van der Waals surface area contributed by atoms with Crippen LogP contribution in [0.1, 0.15) is 5.56 Å². The molecule has 4 nitrogen and oxygen atoms in total. The van der Waals surface area contributed by atoms with Crippen LogP contribution in [-0.2, 0) is 10.0 Å². The Hall–Kier alpha value is -1.59. The lowest BCUT2D eigenvalue weighted by molar-refractivity contribution is 0.601. The Morgan fingerprint density at radius 1 is 1.11 bits per heavy atom. The van der Waals surface area contributed by atoms with Gasteiger partial charge in [0.25, 0.3) is 10.0 Å². The maximum Gasteiger partial charge on any atom is 0.261 e. The number of benzene rings is 1. The Kier molecular flexibility index (Phi) is 3.54. The smallest absolute Gasteiger partial charge is 0.261 e. The number of halogens is 1. The van der Waals surface area contributed by atoms with Gasteiger partial charge in [0.1, 0.15) is 5.15 Å². The second kappa shape index (κ2) is 4.96. The first-order valence-corrected chi connectivity index (χ1v) is 7.04. The molecule has 0 atom stereocenters. The first kappa shape index (κ1) is 12.9. The van der Waals surface area contributed by atoms with E-state index in [0.717, 1.165) is 5.56 Å². The Morgan fingerprint density at radius 3 is 2.33 bits per heavy atom. The van der Waals surface area contributed by atoms with Crippen LogP contribution >= 0.6 is 11.6 Å². The van der Waals surface area contributed by atoms with Gasteiger partial charge < -0.3 is 0 Å². The zero-order valence-corrected chi connectivity index (χ0v) is 11.2. The van der Waals surface area contributed by atoms with Crippen molar-refractivity contribution in [2.24, 2.45) is 0 Å². The number of rotatable bonds is 3. The third-order valence-electron chi connectivity index (χ3n) is 2.31. The molecule has 0 amide bonds. The van der Waals surface area contributed by atoms with E-state index in [2.05, 4.69) is 9.71 Å². The normalized spacial score (nSPS) is 11.2. The van der Waals surface area contributed by atoms with E-state index in [1.54, 1.807) is 30.3 Å². The van der Waals surface area contributed by atoms with E-state index in [1.165, 1.54) is 12.3 Å². The minimum atomic E-state index is -3.58. The van der Waals surface area contributed by atoms with Crippen LogP contribution in [0.2, 0.25) is 5.15 Å². The zero-order valence-electron chi connectivity index (χ0n) is 9.59. The van der Waals surface area contributed by atoms with E-state index in [4.69, 9.17) is 11.6 Å². The fraction of sp³-hybridized carbons (Fsp3) is 0.0833. The number of aryl methyl sites for hydroxylation is 1. The molecule has 0 fully saturated rings. The Balaban J connectivity index is 2.27. The number of nitrogens with zero attached hydrogens (tertiary/aromatic N) is 1. The summed E-state index contributed by atoms with van der Waals surface area (Å²) >= 11 is 5.63. The Labute approximate surface area is 111 Å². The average molecular weight is 283 g/mol. The predicted molar refractivity (Wildman–Crippen MR) is 71.2 cm³/mol.